The van der Waals surface area contributed by atoms with E-state index in [-0.39, 0.29) is 5.41 Å². The lowest BCUT2D eigenvalue weighted by Crippen LogP contribution is -2.47. The van der Waals surface area contributed by atoms with Crippen LogP contribution in [-0.2, 0) is 4.79 Å². The number of alkyl halides is 3. The summed E-state index contributed by atoms with van der Waals surface area (Å²) in [6, 6.07) is -0.593. The molecule has 0 spiro atoms. The Morgan fingerprint density at radius 1 is 1.33 bits per heavy atom. The van der Waals surface area contributed by atoms with Crippen LogP contribution in [0.5, 0.6) is 0 Å². The van der Waals surface area contributed by atoms with Crippen molar-refractivity contribution < 1.29 is 18.0 Å². The first-order valence-electron chi connectivity index (χ1n) is 6.30. The largest absolute Gasteiger partial charge is 0.405 e. The molecule has 0 saturated heterocycles. The molecular formula is C12H21F3N2O. The molecule has 0 radical (unpaired) electrons. The lowest BCUT2D eigenvalue weighted by Gasteiger charge is -2.26. The molecular weight excluding hydrogens is 245 g/mol. The van der Waals surface area contributed by atoms with Gasteiger partial charge in [0, 0.05) is 6.54 Å². The summed E-state index contributed by atoms with van der Waals surface area (Å²) in [5.41, 5.74) is 0.179. The molecule has 18 heavy (non-hydrogen) atoms. The van der Waals surface area contributed by atoms with Gasteiger partial charge in [0.05, 0.1) is 6.04 Å². The van der Waals surface area contributed by atoms with Crippen LogP contribution in [0.2, 0.25) is 0 Å². The molecule has 1 aliphatic carbocycles. The molecule has 1 atom stereocenters. The number of nitrogens with one attached hydrogen (secondary N) is 2. The highest BCUT2D eigenvalue weighted by Gasteiger charge is 2.31. The molecule has 1 aliphatic rings. The van der Waals surface area contributed by atoms with Crippen molar-refractivity contribution in [3.8, 4) is 0 Å². The van der Waals surface area contributed by atoms with E-state index in [0.29, 0.717) is 6.54 Å². The molecule has 1 rings (SSSR count). The van der Waals surface area contributed by atoms with Crippen LogP contribution in [0.4, 0.5) is 13.2 Å². The molecule has 0 aromatic heterocycles. The second-order valence-corrected chi connectivity index (χ2v) is 5.45. The molecule has 1 amide bonds. The molecule has 0 bridgehead atoms. The molecule has 106 valence electrons. The predicted octanol–water partition coefficient (Wildman–Crippen LogP) is 2.22. The Labute approximate surface area is 106 Å². The third kappa shape index (κ3) is 5.25. The van der Waals surface area contributed by atoms with E-state index in [9.17, 15) is 18.0 Å². The first-order valence-corrected chi connectivity index (χ1v) is 6.30. The molecule has 2 N–H and O–H groups in total. The van der Waals surface area contributed by atoms with Gasteiger partial charge in [0.15, 0.2) is 0 Å². The van der Waals surface area contributed by atoms with E-state index >= 15 is 0 Å². The van der Waals surface area contributed by atoms with Gasteiger partial charge in [-0.3, -0.25) is 4.79 Å². The minimum absolute atomic E-state index is 0.179. The third-order valence-corrected chi connectivity index (χ3v) is 3.50. The van der Waals surface area contributed by atoms with Crippen molar-refractivity contribution in [2.45, 2.75) is 51.7 Å². The van der Waals surface area contributed by atoms with Gasteiger partial charge in [0.1, 0.15) is 6.54 Å². The van der Waals surface area contributed by atoms with E-state index in [4.69, 9.17) is 0 Å². The Kier molecular flexibility index (Phi) is 5.01. The second kappa shape index (κ2) is 5.91. The maximum Gasteiger partial charge on any atom is 0.405 e. The predicted molar refractivity (Wildman–Crippen MR) is 63.1 cm³/mol. The number of halogens is 3. The fraction of sp³-hybridized carbons (Fsp3) is 0.917. The van der Waals surface area contributed by atoms with E-state index < -0.39 is 24.7 Å². The summed E-state index contributed by atoms with van der Waals surface area (Å²) in [6.45, 7) is 3.14. The van der Waals surface area contributed by atoms with Crippen molar-refractivity contribution in [3.63, 3.8) is 0 Å². The van der Waals surface area contributed by atoms with E-state index in [1.807, 2.05) is 5.32 Å². The Morgan fingerprint density at radius 2 is 1.89 bits per heavy atom. The summed E-state index contributed by atoms with van der Waals surface area (Å²) in [5.74, 6) is -0.603. The minimum atomic E-state index is -4.35. The lowest BCUT2D eigenvalue weighted by molar-refractivity contribution is -0.139. The van der Waals surface area contributed by atoms with Crippen LogP contribution in [0.1, 0.15) is 39.5 Å². The summed E-state index contributed by atoms with van der Waals surface area (Å²) in [6.07, 6.45) is 0.236. The standard InChI is InChI=1S/C12H21F3N2O/c1-9(10(18)17-8-12(13,14)15)16-7-11(2)5-3-4-6-11/h9,16H,3-8H2,1-2H3,(H,17,18). The smallest absolute Gasteiger partial charge is 0.346 e. The van der Waals surface area contributed by atoms with Gasteiger partial charge in [-0.05, 0) is 25.2 Å². The quantitative estimate of drug-likeness (QED) is 0.801. The zero-order chi connectivity index (χ0) is 13.8. The highest BCUT2D eigenvalue weighted by Crippen LogP contribution is 2.36. The van der Waals surface area contributed by atoms with Gasteiger partial charge >= 0.3 is 6.18 Å². The van der Waals surface area contributed by atoms with Crippen molar-refractivity contribution in [2.75, 3.05) is 13.1 Å². The van der Waals surface area contributed by atoms with Gasteiger partial charge in [0.25, 0.3) is 0 Å². The molecule has 0 heterocycles. The van der Waals surface area contributed by atoms with Gasteiger partial charge in [-0.15, -0.1) is 0 Å². The molecule has 1 unspecified atom stereocenters. The number of hydrogen-bond donors (Lipinski definition) is 2. The summed E-state index contributed by atoms with van der Waals surface area (Å²) >= 11 is 0. The number of carbonyl (C=O) groups is 1. The average Bonchev–Trinajstić information content (AvgIpc) is 2.69. The maximum atomic E-state index is 11.9. The topological polar surface area (TPSA) is 41.1 Å². The van der Waals surface area contributed by atoms with Gasteiger partial charge in [0.2, 0.25) is 5.91 Å². The Balaban J connectivity index is 2.27. The molecule has 1 fully saturated rings. The molecule has 3 nitrogen and oxygen atoms in total. The first kappa shape index (κ1) is 15.3. The molecule has 0 aromatic carbocycles. The number of amides is 1. The fourth-order valence-electron chi connectivity index (χ4n) is 2.24. The number of hydrogen-bond acceptors (Lipinski definition) is 2. The Morgan fingerprint density at radius 3 is 2.39 bits per heavy atom. The van der Waals surface area contributed by atoms with Crippen molar-refractivity contribution in [3.05, 3.63) is 0 Å². The van der Waals surface area contributed by atoms with Gasteiger partial charge in [-0.2, -0.15) is 13.2 Å². The van der Waals surface area contributed by atoms with Crippen LogP contribution in [0.3, 0.4) is 0 Å². The third-order valence-electron chi connectivity index (χ3n) is 3.50. The van der Waals surface area contributed by atoms with E-state index in [0.717, 1.165) is 12.8 Å². The Hall–Kier alpha value is -0.780. The summed E-state index contributed by atoms with van der Waals surface area (Å²) in [7, 11) is 0. The van der Waals surface area contributed by atoms with Gasteiger partial charge < -0.3 is 10.6 Å². The highest BCUT2D eigenvalue weighted by molar-refractivity contribution is 5.81. The van der Waals surface area contributed by atoms with Crippen molar-refractivity contribution in [2.24, 2.45) is 5.41 Å². The number of rotatable bonds is 5. The van der Waals surface area contributed by atoms with Crippen LogP contribution in [0, 0.1) is 5.41 Å². The van der Waals surface area contributed by atoms with Crippen LogP contribution in [0.15, 0.2) is 0 Å². The van der Waals surface area contributed by atoms with Crippen molar-refractivity contribution >= 4 is 5.91 Å². The maximum absolute atomic E-state index is 11.9. The highest BCUT2D eigenvalue weighted by atomic mass is 19.4. The average molecular weight is 266 g/mol. The summed E-state index contributed by atoms with van der Waals surface area (Å²) in [4.78, 5) is 11.4. The summed E-state index contributed by atoms with van der Waals surface area (Å²) < 4.78 is 35.8. The second-order valence-electron chi connectivity index (χ2n) is 5.45. The Bertz CT molecular complexity index is 286. The molecule has 6 heteroatoms. The normalized spacial score (nSPS) is 20.7. The first-order chi connectivity index (χ1) is 8.22. The van der Waals surface area contributed by atoms with E-state index in [1.54, 1.807) is 6.92 Å². The van der Waals surface area contributed by atoms with E-state index in [2.05, 4.69) is 12.2 Å². The lowest BCUT2D eigenvalue weighted by atomic mass is 9.88. The monoisotopic (exact) mass is 266 g/mol. The van der Waals surface area contributed by atoms with Crippen LogP contribution in [-0.4, -0.2) is 31.2 Å². The molecule has 0 aromatic rings. The summed E-state index contributed by atoms with van der Waals surface area (Å²) in [5, 5.41) is 4.91. The van der Waals surface area contributed by atoms with Crippen LogP contribution < -0.4 is 10.6 Å². The zero-order valence-electron chi connectivity index (χ0n) is 10.9. The van der Waals surface area contributed by atoms with Crippen molar-refractivity contribution in [1.82, 2.24) is 10.6 Å². The number of carbonyl (C=O) groups excluding carboxylic acids is 1. The SMILES string of the molecule is CC(NCC1(C)CCCC1)C(=O)NCC(F)(F)F. The van der Waals surface area contributed by atoms with Crippen LogP contribution in [0.25, 0.3) is 0 Å². The van der Waals surface area contributed by atoms with Crippen LogP contribution >= 0.6 is 0 Å². The van der Waals surface area contributed by atoms with E-state index in [1.165, 1.54) is 12.8 Å². The molecule has 1 saturated carbocycles. The van der Waals surface area contributed by atoms with Crippen molar-refractivity contribution in [1.29, 1.82) is 0 Å². The van der Waals surface area contributed by atoms with Gasteiger partial charge in [-0.1, -0.05) is 19.8 Å². The van der Waals surface area contributed by atoms with Gasteiger partial charge in [-0.25, -0.2) is 0 Å². The zero-order valence-corrected chi connectivity index (χ0v) is 10.9. The fourth-order valence-corrected chi connectivity index (χ4v) is 2.24. The minimum Gasteiger partial charge on any atom is -0.346 e. The molecule has 0 aliphatic heterocycles.